The summed E-state index contributed by atoms with van der Waals surface area (Å²) >= 11 is 0. The first-order valence-electron chi connectivity index (χ1n) is 2.87. The molecule has 0 saturated heterocycles. The van der Waals surface area contributed by atoms with E-state index in [1.165, 1.54) is 0 Å². The summed E-state index contributed by atoms with van der Waals surface area (Å²) in [4.78, 5) is 10.1. The van der Waals surface area contributed by atoms with Gasteiger partial charge in [0.05, 0.1) is 0 Å². The molecule has 0 aromatic heterocycles. The first kappa shape index (κ1) is 15.6. The van der Waals surface area contributed by atoms with E-state index in [1.54, 1.807) is 0 Å². The van der Waals surface area contributed by atoms with E-state index in [2.05, 4.69) is 4.74 Å². The number of rotatable bonds is 2. The molecule has 0 spiro atoms. The number of hydrogen-bond acceptors (Lipinski definition) is 2. The van der Waals surface area contributed by atoms with Gasteiger partial charge < -0.3 is 6.16 Å². The average Bonchev–Trinajstić information content (AvgIpc) is 1.84. The monoisotopic (exact) mass is 216 g/mol. The number of halogens is 5. The van der Waals surface area contributed by atoms with Crippen molar-refractivity contribution in [3.63, 3.8) is 0 Å². The Morgan fingerprint density at radius 3 is 1.92 bits per heavy atom. The van der Waals surface area contributed by atoms with Crippen LogP contribution in [0, 0.1) is 0 Å². The minimum Gasteiger partial charge on any atom is -1.00 e. The van der Waals surface area contributed by atoms with Crippen LogP contribution in [0.25, 0.3) is 0 Å². The zero-order valence-corrected chi connectivity index (χ0v) is 8.91. The van der Waals surface area contributed by atoms with Crippen molar-refractivity contribution in [3.05, 3.63) is 0 Å². The second-order valence-electron chi connectivity index (χ2n) is 1.84. The summed E-state index contributed by atoms with van der Waals surface area (Å²) in [6, 6.07) is 0. The summed E-state index contributed by atoms with van der Waals surface area (Å²) < 4.78 is 60.4. The van der Waals surface area contributed by atoms with Crippen molar-refractivity contribution < 1.29 is 62.5 Å². The maximum absolute atomic E-state index is 11.8. The molecule has 0 heterocycles. The number of carbonyl (C=O) groups is 1. The molecule has 74 valence electrons. The first-order chi connectivity index (χ1) is 5.20. The average molecular weight is 216 g/mol. The largest absolute Gasteiger partial charge is 1.00 e. The van der Waals surface area contributed by atoms with Crippen LogP contribution in [0.4, 0.5) is 22.0 Å². The molecule has 0 bridgehead atoms. The van der Waals surface area contributed by atoms with Crippen LogP contribution in [0.2, 0.25) is 0 Å². The molecule has 0 radical (unpaired) electrons. The fraction of sp³-hybridized carbons (Fsp3) is 0.800. The fourth-order valence-corrected chi connectivity index (χ4v) is 0.273. The van der Waals surface area contributed by atoms with Crippen molar-refractivity contribution in [1.82, 2.24) is 0 Å². The minimum atomic E-state index is -5.85. The van der Waals surface area contributed by atoms with Gasteiger partial charge in [0, 0.05) is 6.42 Å². The maximum atomic E-state index is 11.8. The molecule has 0 atom stereocenters. The van der Waals surface area contributed by atoms with Gasteiger partial charge >= 0.3 is 47.8 Å². The van der Waals surface area contributed by atoms with Crippen molar-refractivity contribution in [1.29, 1.82) is 0 Å². The number of hydrogen-bond donors (Lipinski definition) is 0. The quantitative estimate of drug-likeness (QED) is 0.343. The molecule has 0 aromatic carbocycles. The van der Waals surface area contributed by atoms with Crippen LogP contribution >= 0.6 is 0 Å². The van der Waals surface area contributed by atoms with Crippen LogP contribution in [-0.4, -0.2) is 18.3 Å². The summed E-state index contributed by atoms with van der Waals surface area (Å²) in [5.41, 5.74) is 0. The first-order valence-corrected chi connectivity index (χ1v) is 2.87. The fourth-order valence-electron chi connectivity index (χ4n) is 0.273. The van der Waals surface area contributed by atoms with E-state index in [-0.39, 0.29) is 31.0 Å². The van der Waals surface area contributed by atoms with Crippen LogP contribution < -0.4 is 29.6 Å². The summed E-state index contributed by atoms with van der Waals surface area (Å²) in [7, 11) is 0. The van der Waals surface area contributed by atoms with E-state index >= 15 is 0 Å². The van der Waals surface area contributed by atoms with Crippen molar-refractivity contribution in [2.45, 2.75) is 25.6 Å². The van der Waals surface area contributed by atoms with E-state index in [4.69, 9.17) is 0 Å². The van der Waals surface area contributed by atoms with Gasteiger partial charge in [-0.2, -0.15) is 22.0 Å². The molecule has 0 saturated carbocycles. The van der Waals surface area contributed by atoms with E-state index in [9.17, 15) is 26.7 Å². The van der Waals surface area contributed by atoms with Gasteiger partial charge in [0.25, 0.3) is 0 Å². The molecule has 0 fully saturated rings. The predicted molar refractivity (Wildman–Crippen MR) is 28.5 cm³/mol. The minimum absolute atomic E-state index is 0. The SMILES string of the molecule is CCC(=O)OC(F)(F)C(F)(F)F.[H-].[Na+]. The second kappa shape index (κ2) is 5.11. The summed E-state index contributed by atoms with van der Waals surface area (Å²) in [6.45, 7) is 1.11. The van der Waals surface area contributed by atoms with Gasteiger partial charge in [-0.15, -0.1) is 0 Å². The molecule has 0 aliphatic rings. The molecule has 2 nitrogen and oxygen atoms in total. The van der Waals surface area contributed by atoms with E-state index < -0.39 is 24.7 Å². The van der Waals surface area contributed by atoms with E-state index in [1.807, 2.05) is 0 Å². The zero-order valence-electron chi connectivity index (χ0n) is 7.91. The number of alkyl halides is 5. The Bertz CT molecular complexity index is 183. The third-order valence-electron chi connectivity index (χ3n) is 0.861. The molecular formula is C5H6F5NaO2. The molecule has 0 aliphatic heterocycles. The van der Waals surface area contributed by atoms with Gasteiger partial charge in [0.2, 0.25) is 0 Å². The van der Waals surface area contributed by atoms with Crippen LogP contribution in [0.3, 0.4) is 0 Å². The van der Waals surface area contributed by atoms with Gasteiger partial charge in [-0.3, -0.25) is 4.79 Å². The zero-order chi connectivity index (χ0) is 9.99. The molecule has 0 amide bonds. The molecule has 8 heteroatoms. The molecular weight excluding hydrogens is 210 g/mol. The van der Waals surface area contributed by atoms with Crippen molar-refractivity contribution >= 4 is 5.97 Å². The standard InChI is InChI=1S/C5H5F5O2.Na.H/c1-2-3(11)12-5(9,10)4(6,7)8;;/h2H2,1H3;;/q;+1;-1. The Morgan fingerprint density at radius 2 is 1.69 bits per heavy atom. The van der Waals surface area contributed by atoms with Gasteiger partial charge in [-0.1, -0.05) is 6.92 Å². The van der Waals surface area contributed by atoms with Gasteiger partial charge in [0.15, 0.2) is 0 Å². The number of ether oxygens (including phenoxy) is 1. The Morgan fingerprint density at radius 1 is 1.31 bits per heavy atom. The molecule has 0 rings (SSSR count). The predicted octanol–water partition coefficient (Wildman–Crippen LogP) is -0.789. The molecule has 0 unspecified atom stereocenters. The Hall–Kier alpha value is 0.120. The van der Waals surface area contributed by atoms with Crippen LogP contribution in [0.1, 0.15) is 14.8 Å². The normalized spacial score (nSPS) is 11.8. The van der Waals surface area contributed by atoms with Crippen molar-refractivity contribution in [2.24, 2.45) is 0 Å². The molecule has 13 heavy (non-hydrogen) atoms. The molecule has 0 aliphatic carbocycles. The van der Waals surface area contributed by atoms with Crippen LogP contribution in [0.15, 0.2) is 0 Å². The van der Waals surface area contributed by atoms with Gasteiger partial charge in [0.1, 0.15) is 0 Å². The number of esters is 1. The van der Waals surface area contributed by atoms with Crippen LogP contribution in [-0.2, 0) is 9.53 Å². The number of carbonyl (C=O) groups excluding carboxylic acids is 1. The summed E-state index contributed by atoms with van der Waals surface area (Å²) in [6.07, 6.45) is -11.8. The molecule has 0 aromatic rings. The Labute approximate surface area is 94.2 Å². The smallest absolute Gasteiger partial charge is 1.00 e. The summed E-state index contributed by atoms with van der Waals surface area (Å²) in [5, 5.41) is 0. The second-order valence-corrected chi connectivity index (χ2v) is 1.84. The van der Waals surface area contributed by atoms with Crippen molar-refractivity contribution in [2.75, 3.05) is 0 Å². The summed E-state index contributed by atoms with van der Waals surface area (Å²) in [5.74, 6) is -1.60. The van der Waals surface area contributed by atoms with Crippen LogP contribution in [0.5, 0.6) is 0 Å². The third kappa shape index (κ3) is 4.78. The van der Waals surface area contributed by atoms with Gasteiger partial charge in [-0.05, 0) is 0 Å². The Balaban J connectivity index is -0.000000605. The van der Waals surface area contributed by atoms with Gasteiger partial charge in [-0.25, -0.2) is 0 Å². The topological polar surface area (TPSA) is 26.3 Å². The van der Waals surface area contributed by atoms with E-state index in [0.29, 0.717) is 0 Å². The van der Waals surface area contributed by atoms with E-state index in [0.717, 1.165) is 6.92 Å². The molecule has 0 N–H and O–H groups in total. The third-order valence-corrected chi connectivity index (χ3v) is 0.861. The Kier molecular flexibility index (Phi) is 6.13. The maximum Gasteiger partial charge on any atom is 1.00 e. The van der Waals surface area contributed by atoms with Crippen molar-refractivity contribution in [3.8, 4) is 0 Å².